The zero-order valence-electron chi connectivity index (χ0n) is 15.7. The summed E-state index contributed by atoms with van der Waals surface area (Å²) in [6.07, 6.45) is 3.85. The van der Waals surface area contributed by atoms with Crippen molar-refractivity contribution in [2.45, 2.75) is 26.8 Å². The average molecular weight is 371 g/mol. The van der Waals surface area contributed by atoms with Gasteiger partial charge in [-0.2, -0.15) is 0 Å². The maximum atomic E-state index is 11.9. The maximum Gasteiger partial charge on any atom is 0.309 e. The second kappa shape index (κ2) is 10.8. The van der Waals surface area contributed by atoms with Crippen molar-refractivity contribution in [3.05, 3.63) is 53.9 Å². The Morgan fingerprint density at radius 2 is 1.56 bits per heavy atom. The summed E-state index contributed by atoms with van der Waals surface area (Å²) >= 11 is 0. The number of aromatic nitrogens is 1. The predicted octanol–water partition coefficient (Wildman–Crippen LogP) is 1.85. The van der Waals surface area contributed by atoms with E-state index in [2.05, 4.69) is 15.6 Å². The predicted molar refractivity (Wildman–Crippen MR) is 102 cm³/mol. The minimum atomic E-state index is -0.659. The van der Waals surface area contributed by atoms with Crippen molar-refractivity contribution in [3.8, 4) is 11.5 Å². The lowest BCUT2D eigenvalue weighted by molar-refractivity contribution is -0.139. The first kappa shape index (κ1) is 20.2. The number of hydrogen-bond donors (Lipinski definition) is 2. The number of hydrogen-bond acceptors (Lipinski definition) is 5. The molecule has 1 heterocycles. The molecule has 7 nitrogen and oxygen atoms in total. The van der Waals surface area contributed by atoms with Crippen LogP contribution in [-0.2, 0) is 22.6 Å². The quantitative estimate of drug-likeness (QED) is 0.657. The SMILES string of the molecule is CCOc1ccc(CCNC(=O)C(=O)NCc2ccncc2)cc1OCC. The molecular formula is C20H25N3O4. The van der Waals surface area contributed by atoms with E-state index in [-0.39, 0.29) is 6.54 Å². The molecule has 27 heavy (non-hydrogen) atoms. The second-order valence-corrected chi connectivity index (χ2v) is 5.69. The minimum absolute atomic E-state index is 0.283. The molecule has 0 bridgehead atoms. The first-order valence-electron chi connectivity index (χ1n) is 8.97. The normalized spacial score (nSPS) is 10.1. The van der Waals surface area contributed by atoms with E-state index < -0.39 is 11.8 Å². The molecule has 0 atom stereocenters. The molecule has 0 aliphatic carbocycles. The summed E-state index contributed by atoms with van der Waals surface area (Å²) in [6, 6.07) is 9.22. The molecule has 7 heteroatoms. The zero-order chi connectivity index (χ0) is 19.5. The van der Waals surface area contributed by atoms with Crippen molar-refractivity contribution < 1.29 is 19.1 Å². The summed E-state index contributed by atoms with van der Waals surface area (Å²) < 4.78 is 11.1. The molecule has 2 aromatic rings. The van der Waals surface area contributed by atoms with E-state index in [0.717, 1.165) is 11.1 Å². The number of ether oxygens (including phenoxy) is 2. The lowest BCUT2D eigenvalue weighted by Gasteiger charge is -2.12. The fourth-order valence-corrected chi connectivity index (χ4v) is 2.41. The second-order valence-electron chi connectivity index (χ2n) is 5.69. The highest BCUT2D eigenvalue weighted by molar-refractivity contribution is 6.35. The van der Waals surface area contributed by atoms with Crippen molar-refractivity contribution in [1.29, 1.82) is 0 Å². The van der Waals surface area contributed by atoms with Crippen LogP contribution in [-0.4, -0.2) is 36.6 Å². The van der Waals surface area contributed by atoms with Crippen LogP contribution in [0.25, 0.3) is 0 Å². The number of rotatable bonds is 9. The van der Waals surface area contributed by atoms with Crippen molar-refractivity contribution in [1.82, 2.24) is 15.6 Å². The highest BCUT2D eigenvalue weighted by Crippen LogP contribution is 2.28. The van der Waals surface area contributed by atoms with E-state index >= 15 is 0 Å². The number of amides is 2. The topological polar surface area (TPSA) is 89.5 Å². The Labute approximate surface area is 159 Å². The van der Waals surface area contributed by atoms with E-state index in [1.54, 1.807) is 24.5 Å². The lowest BCUT2D eigenvalue weighted by Crippen LogP contribution is -2.40. The van der Waals surface area contributed by atoms with Crippen LogP contribution in [0.5, 0.6) is 11.5 Å². The molecule has 0 saturated heterocycles. The van der Waals surface area contributed by atoms with E-state index in [9.17, 15) is 9.59 Å². The number of carbonyl (C=O) groups is 2. The third kappa shape index (κ3) is 6.62. The molecule has 144 valence electrons. The van der Waals surface area contributed by atoms with Crippen molar-refractivity contribution in [2.75, 3.05) is 19.8 Å². The van der Waals surface area contributed by atoms with Crippen LogP contribution in [0.4, 0.5) is 0 Å². The number of benzene rings is 1. The van der Waals surface area contributed by atoms with E-state index in [1.807, 2.05) is 32.0 Å². The molecule has 0 fully saturated rings. The Kier molecular flexibility index (Phi) is 8.09. The van der Waals surface area contributed by atoms with Crippen molar-refractivity contribution in [2.24, 2.45) is 0 Å². The first-order chi connectivity index (χ1) is 13.1. The molecule has 1 aromatic carbocycles. The van der Waals surface area contributed by atoms with Gasteiger partial charge in [-0.15, -0.1) is 0 Å². The van der Waals surface area contributed by atoms with E-state index in [0.29, 0.717) is 37.7 Å². The highest BCUT2D eigenvalue weighted by atomic mass is 16.5. The van der Waals surface area contributed by atoms with Crippen LogP contribution in [0.2, 0.25) is 0 Å². The average Bonchev–Trinajstić information content (AvgIpc) is 2.69. The zero-order valence-corrected chi connectivity index (χ0v) is 15.7. The van der Waals surface area contributed by atoms with Gasteiger partial charge in [0.25, 0.3) is 0 Å². The molecule has 0 spiro atoms. The lowest BCUT2D eigenvalue weighted by atomic mass is 10.1. The Bertz CT molecular complexity index is 750. The molecular weight excluding hydrogens is 346 g/mol. The van der Waals surface area contributed by atoms with Gasteiger partial charge in [-0.1, -0.05) is 6.07 Å². The van der Waals surface area contributed by atoms with Gasteiger partial charge in [-0.05, 0) is 55.7 Å². The van der Waals surface area contributed by atoms with Crippen molar-refractivity contribution >= 4 is 11.8 Å². The van der Waals surface area contributed by atoms with Gasteiger partial charge in [0.2, 0.25) is 0 Å². The van der Waals surface area contributed by atoms with Gasteiger partial charge in [0.15, 0.2) is 11.5 Å². The Balaban J connectivity index is 1.80. The van der Waals surface area contributed by atoms with E-state index in [4.69, 9.17) is 9.47 Å². The Morgan fingerprint density at radius 1 is 0.889 bits per heavy atom. The molecule has 0 aliphatic rings. The van der Waals surface area contributed by atoms with Crippen LogP contribution in [0, 0.1) is 0 Å². The van der Waals surface area contributed by atoms with Crippen LogP contribution in [0.15, 0.2) is 42.7 Å². The van der Waals surface area contributed by atoms with Crippen LogP contribution in [0.1, 0.15) is 25.0 Å². The van der Waals surface area contributed by atoms with Gasteiger partial charge in [-0.25, -0.2) is 0 Å². The molecule has 2 N–H and O–H groups in total. The molecule has 0 radical (unpaired) electrons. The van der Waals surface area contributed by atoms with Gasteiger partial charge >= 0.3 is 11.8 Å². The standard InChI is InChI=1S/C20H25N3O4/c1-3-26-17-6-5-15(13-18(17)27-4-2)9-12-22-19(24)20(25)23-14-16-7-10-21-11-8-16/h5-8,10-11,13H,3-4,9,12,14H2,1-2H3,(H,22,24)(H,23,25). The summed E-state index contributed by atoms with van der Waals surface area (Å²) in [6.45, 7) is 5.56. The largest absolute Gasteiger partial charge is 0.490 e. The molecule has 0 aliphatic heterocycles. The fraction of sp³-hybridized carbons (Fsp3) is 0.350. The highest BCUT2D eigenvalue weighted by Gasteiger charge is 2.12. The summed E-state index contributed by atoms with van der Waals surface area (Å²) in [5.74, 6) is 0.0643. The third-order valence-electron chi connectivity index (χ3n) is 3.72. The van der Waals surface area contributed by atoms with Gasteiger partial charge in [0.1, 0.15) is 0 Å². The maximum absolute atomic E-state index is 11.9. The number of carbonyl (C=O) groups excluding carboxylic acids is 2. The molecule has 0 unspecified atom stereocenters. The Morgan fingerprint density at radius 3 is 2.26 bits per heavy atom. The number of pyridine rings is 1. The number of nitrogens with one attached hydrogen (secondary N) is 2. The number of nitrogens with zero attached hydrogens (tertiary/aromatic N) is 1. The van der Waals surface area contributed by atoms with Crippen LogP contribution < -0.4 is 20.1 Å². The van der Waals surface area contributed by atoms with Gasteiger partial charge in [-0.3, -0.25) is 14.6 Å². The third-order valence-corrected chi connectivity index (χ3v) is 3.72. The monoisotopic (exact) mass is 371 g/mol. The molecule has 1 aromatic heterocycles. The molecule has 2 rings (SSSR count). The summed E-state index contributed by atoms with van der Waals surface area (Å²) in [5.41, 5.74) is 1.86. The van der Waals surface area contributed by atoms with Crippen molar-refractivity contribution in [3.63, 3.8) is 0 Å². The summed E-state index contributed by atoms with van der Waals surface area (Å²) in [4.78, 5) is 27.6. The smallest absolute Gasteiger partial charge is 0.309 e. The first-order valence-corrected chi connectivity index (χ1v) is 8.97. The summed E-state index contributed by atoms with van der Waals surface area (Å²) in [5, 5.41) is 5.20. The Hall–Kier alpha value is -3.09. The fourth-order valence-electron chi connectivity index (χ4n) is 2.41. The summed E-state index contributed by atoms with van der Waals surface area (Å²) in [7, 11) is 0. The van der Waals surface area contributed by atoms with Gasteiger partial charge in [0, 0.05) is 25.5 Å². The van der Waals surface area contributed by atoms with E-state index in [1.165, 1.54) is 0 Å². The molecule has 0 saturated carbocycles. The molecule has 2 amide bonds. The van der Waals surface area contributed by atoms with Gasteiger partial charge < -0.3 is 20.1 Å². The minimum Gasteiger partial charge on any atom is -0.490 e. The van der Waals surface area contributed by atoms with Crippen LogP contribution >= 0.6 is 0 Å². The van der Waals surface area contributed by atoms with Gasteiger partial charge in [0.05, 0.1) is 13.2 Å². The van der Waals surface area contributed by atoms with Crippen LogP contribution in [0.3, 0.4) is 0 Å².